The van der Waals surface area contributed by atoms with Crippen LogP contribution >= 0.6 is 11.8 Å². The number of benzene rings is 1. The second-order valence-corrected chi connectivity index (χ2v) is 8.63. The fraction of sp³-hybridized carbons (Fsp3) is 0.280. The third-order valence-corrected chi connectivity index (χ3v) is 6.51. The van der Waals surface area contributed by atoms with E-state index in [1.54, 1.807) is 6.20 Å². The van der Waals surface area contributed by atoms with Crippen LogP contribution in [0.2, 0.25) is 0 Å². The van der Waals surface area contributed by atoms with Crippen LogP contribution in [-0.2, 0) is 5.75 Å². The van der Waals surface area contributed by atoms with E-state index in [0.29, 0.717) is 21.9 Å². The van der Waals surface area contributed by atoms with E-state index in [1.165, 1.54) is 31.0 Å². The maximum Gasteiger partial charge on any atom is 0.143 e. The van der Waals surface area contributed by atoms with Gasteiger partial charge in [-0.25, -0.2) is 4.98 Å². The molecule has 4 rings (SSSR count). The molecule has 1 saturated carbocycles. The Morgan fingerprint density at radius 1 is 1.00 bits per heavy atom. The van der Waals surface area contributed by atoms with E-state index in [2.05, 4.69) is 22.1 Å². The summed E-state index contributed by atoms with van der Waals surface area (Å²) in [5.74, 6) is 1.46. The fourth-order valence-corrected chi connectivity index (χ4v) is 4.80. The summed E-state index contributed by atoms with van der Waals surface area (Å²) in [6.07, 6.45) is 7.82. The largest absolute Gasteiger partial charge is 0.490 e. The molecule has 2 heterocycles. The third-order valence-electron chi connectivity index (χ3n) is 5.50. The molecule has 1 aromatic carbocycles. The lowest BCUT2D eigenvalue weighted by atomic mass is 9.96. The van der Waals surface area contributed by atoms with Crippen molar-refractivity contribution in [3.8, 4) is 29.0 Å². The standard InChI is InChI=1S/C25H23N5OS/c26-14-21-23(17-9-11-20(12-10-17)31-19-7-2-1-3-8-19)22(15-27)25(30-24(21)28)32-16-18-6-4-5-13-29-18/h4-6,9-13,19H,1-3,7-8,16H2,(H2,28,30). The van der Waals surface area contributed by atoms with Crippen molar-refractivity contribution in [1.29, 1.82) is 10.5 Å². The molecule has 0 amide bonds. The summed E-state index contributed by atoms with van der Waals surface area (Å²) in [4.78, 5) is 8.67. The molecule has 7 heteroatoms. The van der Waals surface area contributed by atoms with E-state index in [9.17, 15) is 10.5 Å². The van der Waals surface area contributed by atoms with Gasteiger partial charge in [0.25, 0.3) is 0 Å². The molecule has 160 valence electrons. The summed E-state index contributed by atoms with van der Waals surface area (Å²) in [5.41, 5.74) is 8.80. The molecule has 0 atom stereocenters. The third kappa shape index (κ3) is 4.85. The lowest BCUT2D eigenvalue weighted by molar-refractivity contribution is 0.155. The van der Waals surface area contributed by atoms with Crippen LogP contribution < -0.4 is 10.5 Å². The van der Waals surface area contributed by atoms with Gasteiger partial charge in [0.15, 0.2) is 0 Å². The maximum atomic E-state index is 9.95. The number of rotatable bonds is 6. The van der Waals surface area contributed by atoms with Gasteiger partial charge in [-0.3, -0.25) is 4.98 Å². The first-order valence-electron chi connectivity index (χ1n) is 10.6. The molecule has 0 aliphatic heterocycles. The van der Waals surface area contributed by atoms with Crippen molar-refractivity contribution in [2.45, 2.75) is 49.0 Å². The average Bonchev–Trinajstić information content (AvgIpc) is 2.84. The number of nitrogens with zero attached hydrogens (tertiary/aromatic N) is 4. The Hall–Kier alpha value is -3.55. The van der Waals surface area contributed by atoms with Crippen LogP contribution in [0, 0.1) is 22.7 Å². The van der Waals surface area contributed by atoms with E-state index in [1.807, 2.05) is 42.5 Å². The smallest absolute Gasteiger partial charge is 0.143 e. The predicted octanol–water partition coefficient (Wildman–Crippen LogP) is 5.47. The molecule has 1 aliphatic carbocycles. The molecule has 0 radical (unpaired) electrons. The minimum Gasteiger partial charge on any atom is -0.490 e. The molecule has 0 unspecified atom stereocenters. The number of anilines is 1. The van der Waals surface area contributed by atoms with Crippen LogP contribution in [-0.4, -0.2) is 16.1 Å². The first-order chi connectivity index (χ1) is 15.7. The number of aromatic nitrogens is 2. The van der Waals surface area contributed by atoms with Crippen molar-refractivity contribution >= 4 is 17.6 Å². The van der Waals surface area contributed by atoms with E-state index < -0.39 is 0 Å². The predicted molar refractivity (Wildman–Crippen MR) is 125 cm³/mol. The maximum absolute atomic E-state index is 9.95. The lowest BCUT2D eigenvalue weighted by Crippen LogP contribution is -2.19. The van der Waals surface area contributed by atoms with E-state index in [0.717, 1.165) is 29.8 Å². The molecule has 0 spiro atoms. The molecule has 2 aromatic heterocycles. The number of nitriles is 2. The monoisotopic (exact) mass is 441 g/mol. The van der Waals surface area contributed by atoms with Gasteiger partial charge in [0.05, 0.1) is 17.4 Å². The quantitative estimate of drug-likeness (QED) is 0.505. The Kier molecular flexibility index (Phi) is 6.89. The van der Waals surface area contributed by atoms with Gasteiger partial charge >= 0.3 is 0 Å². The number of nitrogens with two attached hydrogens (primary N) is 1. The normalized spacial score (nSPS) is 13.8. The van der Waals surface area contributed by atoms with Gasteiger partial charge in [0, 0.05) is 17.5 Å². The van der Waals surface area contributed by atoms with Crippen molar-refractivity contribution in [2.24, 2.45) is 0 Å². The Morgan fingerprint density at radius 3 is 2.41 bits per heavy atom. The highest BCUT2D eigenvalue weighted by molar-refractivity contribution is 7.98. The molecule has 1 aliphatic rings. The number of hydrogen-bond acceptors (Lipinski definition) is 7. The van der Waals surface area contributed by atoms with Crippen LogP contribution in [0.3, 0.4) is 0 Å². The van der Waals surface area contributed by atoms with E-state index in [-0.39, 0.29) is 17.5 Å². The number of pyridine rings is 2. The highest BCUT2D eigenvalue weighted by Crippen LogP contribution is 2.37. The molecule has 2 N–H and O–H groups in total. The number of nitrogen functional groups attached to an aromatic ring is 1. The van der Waals surface area contributed by atoms with Crippen molar-refractivity contribution in [2.75, 3.05) is 5.73 Å². The molecule has 3 aromatic rings. The summed E-state index contributed by atoms with van der Waals surface area (Å²) >= 11 is 1.38. The minimum atomic E-state index is 0.118. The number of ether oxygens (including phenoxy) is 1. The Morgan fingerprint density at radius 2 is 1.75 bits per heavy atom. The Balaban J connectivity index is 1.65. The second kappa shape index (κ2) is 10.2. The summed E-state index contributed by atoms with van der Waals surface area (Å²) in [6, 6.07) is 17.6. The molecule has 1 fully saturated rings. The molecule has 6 nitrogen and oxygen atoms in total. The Bertz CT molecular complexity index is 1160. The van der Waals surface area contributed by atoms with Crippen molar-refractivity contribution in [3.05, 3.63) is 65.5 Å². The molecule has 32 heavy (non-hydrogen) atoms. The highest BCUT2D eigenvalue weighted by atomic mass is 32.2. The van der Waals surface area contributed by atoms with Gasteiger partial charge < -0.3 is 10.5 Å². The zero-order valence-corrected chi connectivity index (χ0v) is 18.4. The van der Waals surface area contributed by atoms with Crippen molar-refractivity contribution in [3.63, 3.8) is 0 Å². The molecule has 0 bridgehead atoms. The number of hydrogen-bond donors (Lipinski definition) is 1. The second-order valence-electron chi connectivity index (χ2n) is 7.66. The van der Waals surface area contributed by atoms with Gasteiger partial charge in [0.1, 0.15) is 34.3 Å². The lowest BCUT2D eigenvalue weighted by Gasteiger charge is -2.23. The van der Waals surface area contributed by atoms with Crippen molar-refractivity contribution in [1.82, 2.24) is 9.97 Å². The summed E-state index contributed by atoms with van der Waals surface area (Å²) in [5, 5.41) is 20.2. The van der Waals surface area contributed by atoms with Gasteiger partial charge in [-0.2, -0.15) is 10.5 Å². The molecular formula is C25H23N5OS. The van der Waals surface area contributed by atoms with Gasteiger partial charge in [0.2, 0.25) is 0 Å². The zero-order chi connectivity index (χ0) is 22.3. The first-order valence-corrected chi connectivity index (χ1v) is 11.6. The van der Waals surface area contributed by atoms with Gasteiger partial charge in [-0.05, 0) is 55.5 Å². The number of thioether (sulfide) groups is 1. The Labute approximate surface area is 192 Å². The van der Waals surface area contributed by atoms with Gasteiger partial charge in [-0.1, -0.05) is 36.4 Å². The molecule has 0 saturated heterocycles. The SMILES string of the molecule is N#Cc1c(N)nc(SCc2ccccn2)c(C#N)c1-c1ccc(OC2CCCCC2)cc1. The van der Waals surface area contributed by atoms with Crippen LogP contribution in [0.4, 0.5) is 5.82 Å². The van der Waals surface area contributed by atoms with Crippen LogP contribution in [0.5, 0.6) is 5.75 Å². The van der Waals surface area contributed by atoms with Crippen LogP contribution in [0.1, 0.15) is 48.9 Å². The van der Waals surface area contributed by atoms with E-state index >= 15 is 0 Å². The van der Waals surface area contributed by atoms with Gasteiger partial charge in [-0.15, -0.1) is 0 Å². The minimum absolute atomic E-state index is 0.118. The summed E-state index contributed by atoms with van der Waals surface area (Å²) < 4.78 is 6.12. The van der Waals surface area contributed by atoms with Crippen LogP contribution in [0.15, 0.2) is 53.7 Å². The summed E-state index contributed by atoms with van der Waals surface area (Å²) in [7, 11) is 0. The van der Waals surface area contributed by atoms with Crippen molar-refractivity contribution < 1.29 is 4.74 Å². The van der Waals surface area contributed by atoms with E-state index in [4.69, 9.17) is 10.5 Å². The average molecular weight is 442 g/mol. The first kappa shape index (κ1) is 21.7. The fourth-order valence-electron chi connectivity index (χ4n) is 3.89. The highest BCUT2D eigenvalue weighted by Gasteiger charge is 2.21. The summed E-state index contributed by atoms with van der Waals surface area (Å²) in [6.45, 7) is 0. The zero-order valence-electron chi connectivity index (χ0n) is 17.6. The topological polar surface area (TPSA) is 109 Å². The molecular weight excluding hydrogens is 418 g/mol. The van der Waals surface area contributed by atoms with Crippen LogP contribution in [0.25, 0.3) is 11.1 Å².